The topological polar surface area (TPSA) is 38.0 Å². The van der Waals surface area contributed by atoms with Gasteiger partial charge in [-0.05, 0) is 43.9 Å². The maximum Gasteiger partial charge on any atom is 0.108 e. The lowest BCUT2D eigenvalue weighted by molar-refractivity contribution is -0.0271. The molecule has 0 bridgehead atoms. The molecule has 1 N–H and O–H groups in total. The van der Waals surface area contributed by atoms with Crippen molar-refractivity contribution in [3.05, 3.63) is 16.9 Å². The summed E-state index contributed by atoms with van der Waals surface area (Å²) in [5.41, 5.74) is 0.0481. The summed E-state index contributed by atoms with van der Waals surface area (Å²) in [6.45, 7) is 7.46. The standard InChI is InChI=1S/C15H25ClN2O/c1-4-9-18-14(13(16)10-17-18)15(19)7-5-12(6-8-15)11(2)3/h10-12,19H,4-9H2,1-3H3. The van der Waals surface area contributed by atoms with E-state index in [1.807, 2.05) is 4.68 Å². The van der Waals surface area contributed by atoms with E-state index in [9.17, 15) is 5.11 Å². The lowest BCUT2D eigenvalue weighted by atomic mass is 9.73. The molecule has 0 saturated heterocycles. The van der Waals surface area contributed by atoms with Gasteiger partial charge >= 0.3 is 0 Å². The van der Waals surface area contributed by atoms with Crippen LogP contribution < -0.4 is 0 Å². The van der Waals surface area contributed by atoms with Crippen LogP contribution in [0, 0.1) is 11.8 Å². The number of hydrogen-bond acceptors (Lipinski definition) is 2. The van der Waals surface area contributed by atoms with E-state index in [1.165, 1.54) is 0 Å². The monoisotopic (exact) mass is 284 g/mol. The van der Waals surface area contributed by atoms with Crippen molar-refractivity contribution in [3.8, 4) is 0 Å². The summed E-state index contributed by atoms with van der Waals surface area (Å²) in [4.78, 5) is 0. The Morgan fingerprint density at radius 2 is 2.11 bits per heavy atom. The van der Waals surface area contributed by atoms with E-state index in [2.05, 4.69) is 25.9 Å². The second-order valence-electron chi connectivity index (χ2n) is 6.18. The van der Waals surface area contributed by atoms with Crippen molar-refractivity contribution >= 4 is 11.6 Å². The van der Waals surface area contributed by atoms with E-state index >= 15 is 0 Å². The van der Waals surface area contributed by atoms with Crippen molar-refractivity contribution in [2.45, 2.75) is 65.0 Å². The maximum absolute atomic E-state index is 11.0. The third-order valence-electron chi connectivity index (χ3n) is 4.47. The number of nitrogens with zero attached hydrogens (tertiary/aromatic N) is 2. The maximum atomic E-state index is 11.0. The van der Waals surface area contributed by atoms with E-state index < -0.39 is 5.60 Å². The molecule has 1 saturated carbocycles. The lowest BCUT2D eigenvalue weighted by Crippen LogP contribution is -2.35. The van der Waals surface area contributed by atoms with Crippen LogP contribution in [0.2, 0.25) is 5.02 Å². The average Bonchev–Trinajstić information content (AvgIpc) is 2.72. The van der Waals surface area contributed by atoms with Gasteiger partial charge in [0.25, 0.3) is 0 Å². The van der Waals surface area contributed by atoms with Crippen molar-refractivity contribution in [3.63, 3.8) is 0 Å². The summed E-state index contributed by atoms with van der Waals surface area (Å²) in [5.74, 6) is 1.42. The highest BCUT2D eigenvalue weighted by molar-refractivity contribution is 6.31. The predicted octanol–water partition coefficient (Wildman–Crippen LogP) is 3.98. The molecule has 1 aliphatic carbocycles. The Hall–Kier alpha value is -0.540. The first-order valence-corrected chi connectivity index (χ1v) is 7.80. The molecule has 0 amide bonds. The summed E-state index contributed by atoms with van der Waals surface area (Å²) < 4.78 is 1.89. The summed E-state index contributed by atoms with van der Waals surface area (Å²) >= 11 is 6.26. The summed E-state index contributed by atoms with van der Waals surface area (Å²) in [5, 5.41) is 15.9. The quantitative estimate of drug-likeness (QED) is 0.908. The van der Waals surface area contributed by atoms with Crippen LogP contribution in [0.3, 0.4) is 0 Å². The molecule has 0 radical (unpaired) electrons. The molecule has 1 aliphatic rings. The SMILES string of the molecule is CCCn1ncc(Cl)c1C1(O)CCC(C(C)C)CC1. The highest BCUT2D eigenvalue weighted by Gasteiger charge is 2.39. The van der Waals surface area contributed by atoms with Crippen LogP contribution in [0.25, 0.3) is 0 Å². The molecule has 4 heteroatoms. The third-order valence-corrected chi connectivity index (χ3v) is 4.75. The van der Waals surface area contributed by atoms with E-state index in [-0.39, 0.29) is 0 Å². The van der Waals surface area contributed by atoms with Crippen LogP contribution in [0.1, 0.15) is 58.6 Å². The predicted molar refractivity (Wildman–Crippen MR) is 78.2 cm³/mol. The number of hydrogen-bond donors (Lipinski definition) is 1. The molecule has 1 aromatic heterocycles. The van der Waals surface area contributed by atoms with Gasteiger partial charge < -0.3 is 5.11 Å². The van der Waals surface area contributed by atoms with Crippen molar-refractivity contribution in [1.29, 1.82) is 0 Å². The molecule has 0 unspecified atom stereocenters. The van der Waals surface area contributed by atoms with Crippen LogP contribution in [-0.2, 0) is 12.1 Å². The molecular weight excluding hydrogens is 260 g/mol. The molecule has 1 heterocycles. The van der Waals surface area contributed by atoms with Gasteiger partial charge in [-0.25, -0.2) is 0 Å². The summed E-state index contributed by atoms with van der Waals surface area (Å²) in [6.07, 6.45) is 6.40. The lowest BCUT2D eigenvalue weighted by Gasteiger charge is -2.38. The first-order valence-electron chi connectivity index (χ1n) is 7.42. The van der Waals surface area contributed by atoms with Crippen molar-refractivity contribution in [2.75, 3.05) is 0 Å². The van der Waals surface area contributed by atoms with Gasteiger partial charge in [0, 0.05) is 6.54 Å². The Labute approximate surface area is 121 Å². The van der Waals surface area contributed by atoms with E-state index in [4.69, 9.17) is 11.6 Å². The molecule has 19 heavy (non-hydrogen) atoms. The zero-order valence-electron chi connectivity index (χ0n) is 12.2. The molecule has 108 valence electrons. The molecular formula is C15H25ClN2O. The first kappa shape index (κ1) is 14.9. The minimum Gasteiger partial charge on any atom is -0.384 e. The largest absolute Gasteiger partial charge is 0.384 e. The highest BCUT2D eigenvalue weighted by Crippen LogP contribution is 2.43. The number of aromatic nitrogens is 2. The van der Waals surface area contributed by atoms with Crippen molar-refractivity contribution < 1.29 is 5.11 Å². The number of aryl methyl sites for hydroxylation is 1. The van der Waals surface area contributed by atoms with Gasteiger partial charge in [-0.3, -0.25) is 4.68 Å². The zero-order valence-corrected chi connectivity index (χ0v) is 13.0. The van der Waals surface area contributed by atoms with Crippen LogP contribution in [0.4, 0.5) is 0 Å². The Kier molecular flexibility index (Phi) is 4.57. The molecule has 2 rings (SSSR count). The van der Waals surface area contributed by atoms with E-state index in [0.717, 1.165) is 50.3 Å². The minimum atomic E-state index is -0.784. The highest BCUT2D eigenvalue weighted by atomic mass is 35.5. The summed E-state index contributed by atoms with van der Waals surface area (Å²) in [7, 11) is 0. The molecule has 1 aromatic rings. The Bertz CT molecular complexity index is 420. The average molecular weight is 285 g/mol. The molecule has 0 aliphatic heterocycles. The molecule has 0 atom stereocenters. The van der Waals surface area contributed by atoms with Crippen LogP contribution in [0.5, 0.6) is 0 Å². The number of rotatable bonds is 4. The molecule has 1 fully saturated rings. The van der Waals surface area contributed by atoms with Crippen molar-refractivity contribution in [2.24, 2.45) is 11.8 Å². The van der Waals surface area contributed by atoms with E-state index in [1.54, 1.807) is 6.20 Å². The van der Waals surface area contributed by atoms with Crippen LogP contribution in [0.15, 0.2) is 6.20 Å². The molecule has 0 spiro atoms. The summed E-state index contributed by atoms with van der Waals surface area (Å²) in [6, 6.07) is 0. The normalized spacial score (nSPS) is 28.0. The van der Waals surface area contributed by atoms with Crippen LogP contribution in [-0.4, -0.2) is 14.9 Å². The number of halogens is 1. The van der Waals surface area contributed by atoms with Crippen molar-refractivity contribution in [1.82, 2.24) is 9.78 Å². The van der Waals surface area contributed by atoms with Gasteiger partial charge in [0.05, 0.1) is 16.9 Å². The van der Waals surface area contributed by atoms with Gasteiger partial charge in [0.1, 0.15) is 5.60 Å². The van der Waals surface area contributed by atoms with Gasteiger partial charge in [0.2, 0.25) is 0 Å². The van der Waals surface area contributed by atoms with Gasteiger partial charge in [-0.15, -0.1) is 0 Å². The zero-order chi connectivity index (χ0) is 14.0. The fourth-order valence-electron chi connectivity index (χ4n) is 3.23. The van der Waals surface area contributed by atoms with Gasteiger partial charge in [-0.2, -0.15) is 5.10 Å². The molecule has 0 aromatic carbocycles. The van der Waals surface area contributed by atoms with Gasteiger partial charge in [0.15, 0.2) is 0 Å². The molecule has 3 nitrogen and oxygen atoms in total. The first-order chi connectivity index (χ1) is 8.98. The smallest absolute Gasteiger partial charge is 0.108 e. The fraction of sp³-hybridized carbons (Fsp3) is 0.800. The Morgan fingerprint density at radius 3 is 2.63 bits per heavy atom. The van der Waals surface area contributed by atoms with Gasteiger partial charge in [-0.1, -0.05) is 32.4 Å². The Balaban J connectivity index is 2.19. The Morgan fingerprint density at radius 1 is 1.47 bits per heavy atom. The second-order valence-corrected chi connectivity index (χ2v) is 6.58. The second kappa shape index (κ2) is 5.84. The number of aliphatic hydroxyl groups is 1. The van der Waals surface area contributed by atoms with Crippen LogP contribution >= 0.6 is 11.6 Å². The third kappa shape index (κ3) is 2.97. The fourth-order valence-corrected chi connectivity index (χ4v) is 3.54. The van der Waals surface area contributed by atoms with E-state index in [0.29, 0.717) is 10.9 Å². The minimum absolute atomic E-state index is 0.610.